The molecule has 5 nitrogen and oxygen atoms in total. The van der Waals surface area contributed by atoms with Crippen LogP contribution in [-0.4, -0.2) is 48.5 Å². The summed E-state index contributed by atoms with van der Waals surface area (Å²) in [6.45, 7) is 1.61. The lowest BCUT2D eigenvalue weighted by atomic mass is 10.2. The monoisotopic (exact) mass is 255 g/mol. The molecule has 0 aliphatic carbocycles. The number of hydrogen-bond donors (Lipinski definition) is 2. The van der Waals surface area contributed by atoms with Crippen molar-refractivity contribution in [3.05, 3.63) is 0 Å². The summed E-state index contributed by atoms with van der Waals surface area (Å²) in [5.41, 5.74) is 5.28. The van der Waals surface area contributed by atoms with E-state index in [-0.39, 0.29) is 11.5 Å². The van der Waals surface area contributed by atoms with Crippen molar-refractivity contribution in [1.29, 1.82) is 0 Å². The molecule has 1 unspecified atom stereocenters. The number of carbonyl (C=O) groups is 1. The van der Waals surface area contributed by atoms with Crippen LogP contribution < -0.4 is 5.73 Å². The van der Waals surface area contributed by atoms with Crippen molar-refractivity contribution >= 4 is 27.6 Å². The van der Waals surface area contributed by atoms with E-state index < -0.39 is 21.8 Å². The fourth-order valence-corrected chi connectivity index (χ4v) is 3.17. The molecular weight excluding hydrogens is 238 g/mol. The highest BCUT2D eigenvalue weighted by atomic mass is 32.2. The molecule has 0 bridgehead atoms. The van der Waals surface area contributed by atoms with Gasteiger partial charge >= 0.3 is 5.97 Å². The minimum absolute atomic E-state index is 0.149. The number of aliphatic carboxylic acids is 1. The molecule has 15 heavy (non-hydrogen) atoms. The van der Waals surface area contributed by atoms with Crippen molar-refractivity contribution in [3.63, 3.8) is 0 Å². The molecule has 3 N–H and O–H groups in total. The van der Waals surface area contributed by atoms with Gasteiger partial charge < -0.3 is 10.8 Å². The summed E-state index contributed by atoms with van der Waals surface area (Å²) in [7, 11) is -2.90. The molecule has 7 heteroatoms. The number of thioether (sulfide) groups is 1. The van der Waals surface area contributed by atoms with Crippen molar-refractivity contribution in [3.8, 4) is 0 Å². The third-order valence-electron chi connectivity index (χ3n) is 1.87. The smallest absolute Gasteiger partial charge is 0.320 e. The molecule has 0 aromatic rings. The van der Waals surface area contributed by atoms with Crippen molar-refractivity contribution in [2.45, 2.75) is 19.4 Å². The summed E-state index contributed by atoms with van der Waals surface area (Å²) in [4.78, 5) is 10.3. The van der Waals surface area contributed by atoms with Crippen LogP contribution in [0.4, 0.5) is 0 Å². The number of nitrogens with two attached hydrogens (primary N) is 1. The van der Waals surface area contributed by atoms with E-state index in [4.69, 9.17) is 10.8 Å². The molecule has 0 saturated carbocycles. The van der Waals surface area contributed by atoms with Gasteiger partial charge in [-0.2, -0.15) is 11.8 Å². The fraction of sp³-hybridized carbons (Fsp3) is 0.875. The molecule has 1 atom stereocenters. The summed E-state index contributed by atoms with van der Waals surface area (Å²) in [5.74, 6) is 0.366. The van der Waals surface area contributed by atoms with Crippen LogP contribution in [0.25, 0.3) is 0 Å². The first-order chi connectivity index (χ1) is 6.89. The Morgan fingerprint density at radius 3 is 2.53 bits per heavy atom. The van der Waals surface area contributed by atoms with Gasteiger partial charge in [-0.3, -0.25) is 4.79 Å². The molecule has 0 aliphatic heterocycles. The van der Waals surface area contributed by atoms with Crippen molar-refractivity contribution < 1.29 is 18.3 Å². The maximum Gasteiger partial charge on any atom is 0.320 e. The number of carboxylic acids is 1. The maximum absolute atomic E-state index is 11.1. The zero-order valence-corrected chi connectivity index (χ0v) is 10.3. The van der Waals surface area contributed by atoms with Crippen LogP contribution in [0.5, 0.6) is 0 Å². The molecule has 0 heterocycles. The zero-order valence-electron chi connectivity index (χ0n) is 8.68. The topological polar surface area (TPSA) is 97.5 Å². The lowest BCUT2D eigenvalue weighted by molar-refractivity contribution is -0.138. The molecular formula is C8H17NO4S2. The van der Waals surface area contributed by atoms with Crippen molar-refractivity contribution in [1.82, 2.24) is 0 Å². The second-order valence-electron chi connectivity index (χ2n) is 3.08. The molecule has 0 amide bonds. The maximum atomic E-state index is 11.1. The summed E-state index contributed by atoms with van der Waals surface area (Å²) < 4.78 is 22.1. The van der Waals surface area contributed by atoms with E-state index in [0.717, 1.165) is 0 Å². The van der Waals surface area contributed by atoms with Crippen LogP contribution in [0.15, 0.2) is 0 Å². The first-order valence-corrected chi connectivity index (χ1v) is 7.63. The average molecular weight is 255 g/mol. The van der Waals surface area contributed by atoms with Gasteiger partial charge in [-0.1, -0.05) is 6.92 Å². The highest BCUT2D eigenvalue weighted by Crippen LogP contribution is 2.05. The number of sulfone groups is 1. The summed E-state index contributed by atoms with van der Waals surface area (Å²) in [6.07, 6.45) is 0.367. The normalized spacial score (nSPS) is 13.7. The van der Waals surface area contributed by atoms with E-state index in [1.807, 2.05) is 0 Å². The molecule has 0 saturated heterocycles. The number of hydrogen-bond acceptors (Lipinski definition) is 5. The van der Waals surface area contributed by atoms with Crippen LogP contribution in [0.3, 0.4) is 0 Å². The molecule has 0 fully saturated rings. The lowest BCUT2D eigenvalue weighted by Crippen LogP contribution is -2.30. The Morgan fingerprint density at radius 1 is 1.47 bits per heavy atom. The van der Waals surface area contributed by atoms with Crippen LogP contribution in [0, 0.1) is 0 Å². The zero-order chi connectivity index (χ0) is 11.9. The van der Waals surface area contributed by atoms with E-state index >= 15 is 0 Å². The van der Waals surface area contributed by atoms with Gasteiger partial charge in [0.25, 0.3) is 0 Å². The third kappa shape index (κ3) is 7.64. The number of carboxylic acid groups (broad SMARTS) is 1. The van der Waals surface area contributed by atoms with Crippen LogP contribution in [0.2, 0.25) is 0 Å². The van der Waals surface area contributed by atoms with E-state index in [9.17, 15) is 13.2 Å². The summed E-state index contributed by atoms with van der Waals surface area (Å²) in [6, 6.07) is -0.847. The molecule has 0 aliphatic rings. The van der Waals surface area contributed by atoms with E-state index in [2.05, 4.69) is 0 Å². The van der Waals surface area contributed by atoms with Crippen LogP contribution in [0.1, 0.15) is 13.3 Å². The fourth-order valence-electron chi connectivity index (χ4n) is 0.766. The first kappa shape index (κ1) is 14.7. The van der Waals surface area contributed by atoms with Gasteiger partial charge in [0.05, 0.1) is 5.75 Å². The quantitative estimate of drug-likeness (QED) is 0.590. The third-order valence-corrected chi connectivity index (χ3v) is 4.85. The Morgan fingerprint density at radius 2 is 2.07 bits per heavy atom. The highest BCUT2D eigenvalue weighted by molar-refractivity contribution is 8.00. The van der Waals surface area contributed by atoms with Crippen LogP contribution >= 0.6 is 11.8 Å². The van der Waals surface area contributed by atoms with Gasteiger partial charge in [0.2, 0.25) is 0 Å². The Kier molecular flexibility index (Phi) is 6.95. The first-order valence-electron chi connectivity index (χ1n) is 4.65. The molecule has 0 aromatic carbocycles. The van der Waals surface area contributed by atoms with Gasteiger partial charge in [0, 0.05) is 11.5 Å². The second kappa shape index (κ2) is 7.08. The lowest BCUT2D eigenvalue weighted by Gasteiger charge is -2.05. The number of rotatable bonds is 8. The predicted molar refractivity (Wildman–Crippen MR) is 61.9 cm³/mol. The van der Waals surface area contributed by atoms with Gasteiger partial charge in [0.15, 0.2) is 9.84 Å². The average Bonchev–Trinajstić information content (AvgIpc) is 2.16. The van der Waals surface area contributed by atoms with Gasteiger partial charge in [-0.25, -0.2) is 8.42 Å². The highest BCUT2D eigenvalue weighted by Gasteiger charge is 2.11. The Bertz CT molecular complexity index is 289. The molecule has 90 valence electrons. The van der Waals surface area contributed by atoms with Crippen molar-refractivity contribution in [2.24, 2.45) is 5.73 Å². The Labute approximate surface area is 94.3 Å². The molecule has 0 aromatic heterocycles. The van der Waals surface area contributed by atoms with E-state index in [1.165, 1.54) is 11.8 Å². The Hall–Kier alpha value is -0.270. The minimum Gasteiger partial charge on any atom is -0.480 e. The molecule has 0 rings (SSSR count). The van der Waals surface area contributed by atoms with E-state index in [0.29, 0.717) is 17.9 Å². The van der Waals surface area contributed by atoms with Gasteiger partial charge in [-0.05, 0) is 12.2 Å². The van der Waals surface area contributed by atoms with E-state index in [1.54, 1.807) is 6.92 Å². The minimum atomic E-state index is -2.90. The van der Waals surface area contributed by atoms with Crippen molar-refractivity contribution in [2.75, 3.05) is 23.0 Å². The standard InChI is InChI=1S/C8H17NO4S2/c1-2-15(12,13)6-5-14-4-3-7(9)8(10)11/h7H,2-6,9H2,1H3,(H,10,11). The van der Waals surface area contributed by atoms with Crippen LogP contribution in [-0.2, 0) is 14.6 Å². The van der Waals surface area contributed by atoms with Gasteiger partial charge in [0.1, 0.15) is 6.04 Å². The Balaban J connectivity index is 3.53. The summed E-state index contributed by atoms with van der Waals surface area (Å²) >= 11 is 1.42. The predicted octanol–water partition coefficient (Wildman–Crippen LogP) is -0.0437. The second-order valence-corrected chi connectivity index (χ2v) is 6.78. The molecule has 0 spiro atoms. The summed E-state index contributed by atoms with van der Waals surface area (Å²) in [5, 5.41) is 8.48. The largest absolute Gasteiger partial charge is 0.480 e. The molecule has 0 radical (unpaired) electrons. The van der Waals surface area contributed by atoms with Gasteiger partial charge in [-0.15, -0.1) is 0 Å². The SMILES string of the molecule is CCS(=O)(=O)CCSCCC(N)C(=O)O.